The maximum atomic E-state index is 6.10. The first kappa shape index (κ1) is 15.3. The first-order chi connectivity index (χ1) is 11.8. The van der Waals surface area contributed by atoms with Gasteiger partial charge < -0.3 is 0 Å². The second-order valence-corrected chi connectivity index (χ2v) is 6.89. The van der Waals surface area contributed by atoms with Gasteiger partial charge in [-0.1, -0.05) is 66.7 Å². The summed E-state index contributed by atoms with van der Waals surface area (Å²) in [6, 6.07) is 25.3. The van der Waals surface area contributed by atoms with Gasteiger partial charge in [0.25, 0.3) is 0 Å². The van der Waals surface area contributed by atoms with Crippen LogP contribution >= 0.6 is 11.3 Å². The molecule has 0 unspecified atom stereocenters. The van der Waals surface area contributed by atoms with Crippen molar-refractivity contribution in [3.05, 3.63) is 83.9 Å². The Labute approximate surface area is 145 Å². The third-order valence-electron chi connectivity index (χ3n) is 4.15. The topological polar surface area (TPSA) is 41.3 Å². The summed E-state index contributed by atoms with van der Waals surface area (Å²) in [6.45, 7) is 1.39. The van der Waals surface area contributed by atoms with Crippen molar-refractivity contribution < 1.29 is 0 Å². The Morgan fingerprint density at radius 2 is 1.58 bits per heavy atom. The van der Waals surface area contributed by atoms with Crippen molar-refractivity contribution in [2.75, 3.05) is 0 Å². The molecule has 0 aliphatic carbocycles. The Hall–Kier alpha value is -2.24. The molecule has 0 saturated carbocycles. The molecule has 0 radical (unpaired) electrons. The lowest BCUT2D eigenvalue weighted by Crippen LogP contribution is -2.42. The number of hydrogen-bond acceptors (Lipinski definition) is 4. The molecule has 0 saturated heterocycles. The van der Waals surface area contributed by atoms with Crippen LogP contribution in [0.4, 0.5) is 0 Å². The Bertz CT molecular complexity index is 962. The van der Waals surface area contributed by atoms with Gasteiger partial charge in [0, 0.05) is 26.7 Å². The van der Waals surface area contributed by atoms with Gasteiger partial charge in [-0.2, -0.15) is 5.12 Å². The van der Waals surface area contributed by atoms with Crippen LogP contribution in [0.15, 0.2) is 72.8 Å². The summed E-state index contributed by atoms with van der Waals surface area (Å²) < 4.78 is 2.66. The molecule has 0 aliphatic rings. The number of benzene rings is 3. The molecule has 0 fully saturated rings. The zero-order valence-electron chi connectivity index (χ0n) is 13.3. The lowest BCUT2D eigenvalue weighted by Gasteiger charge is -2.18. The fourth-order valence-corrected chi connectivity index (χ4v) is 4.18. The average Bonchev–Trinajstić information content (AvgIpc) is 3.00. The van der Waals surface area contributed by atoms with Crippen LogP contribution in [0.5, 0.6) is 0 Å². The third kappa shape index (κ3) is 3.05. The minimum atomic E-state index is 0.670. The molecule has 3 N–H and O–H groups in total. The van der Waals surface area contributed by atoms with Crippen molar-refractivity contribution >= 4 is 31.5 Å². The number of nitrogens with zero attached hydrogens (tertiary/aromatic N) is 1. The number of rotatable bonds is 5. The molecule has 3 aromatic carbocycles. The van der Waals surface area contributed by atoms with E-state index in [1.54, 1.807) is 5.12 Å². The summed E-state index contributed by atoms with van der Waals surface area (Å²) in [6.07, 6.45) is 0. The second kappa shape index (κ2) is 6.71. The maximum absolute atomic E-state index is 6.10. The van der Waals surface area contributed by atoms with E-state index in [2.05, 4.69) is 60.0 Å². The van der Waals surface area contributed by atoms with E-state index in [4.69, 9.17) is 5.84 Å². The van der Waals surface area contributed by atoms with Crippen LogP contribution in [0.1, 0.15) is 11.1 Å². The van der Waals surface area contributed by atoms with Crippen LogP contribution in [0.3, 0.4) is 0 Å². The average molecular weight is 333 g/mol. The highest BCUT2D eigenvalue weighted by Crippen LogP contribution is 2.35. The molecule has 0 amide bonds. The van der Waals surface area contributed by atoms with Crippen molar-refractivity contribution in [3.63, 3.8) is 0 Å². The summed E-state index contributed by atoms with van der Waals surface area (Å²) in [4.78, 5) is 0. The summed E-state index contributed by atoms with van der Waals surface area (Å²) in [5, 5.41) is 4.30. The van der Waals surface area contributed by atoms with E-state index in [0.717, 1.165) is 0 Å². The Balaban J connectivity index is 1.54. The molecule has 4 rings (SSSR count). The molecule has 1 heterocycles. The second-order valence-electron chi connectivity index (χ2n) is 5.84. The maximum Gasteiger partial charge on any atom is 0.0536 e. The summed E-state index contributed by atoms with van der Waals surface area (Å²) in [7, 11) is 0. The summed E-state index contributed by atoms with van der Waals surface area (Å²) in [5.41, 5.74) is 5.76. The molecule has 3 nitrogen and oxygen atoms in total. The van der Waals surface area contributed by atoms with E-state index in [-0.39, 0.29) is 0 Å². The van der Waals surface area contributed by atoms with Gasteiger partial charge in [0.05, 0.1) is 6.54 Å². The number of nitrogens with two attached hydrogens (primary N) is 1. The minimum absolute atomic E-state index is 0.670. The first-order valence-electron chi connectivity index (χ1n) is 8.00. The van der Waals surface area contributed by atoms with E-state index in [1.165, 1.54) is 31.3 Å². The lowest BCUT2D eigenvalue weighted by molar-refractivity contribution is 0.179. The largest absolute Gasteiger partial charge is 0.255 e. The van der Waals surface area contributed by atoms with Crippen molar-refractivity contribution in [2.45, 2.75) is 13.1 Å². The highest BCUT2D eigenvalue weighted by atomic mass is 32.1. The minimum Gasteiger partial charge on any atom is -0.255 e. The zero-order chi connectivity index (χ0) is 16.4. The quantitative estimate of drug-likeness (QED) is 0.419. The lowest BCUT2D eigenvalue weighted by atomic mass is 10.1. The van der Waals surface area contributed by atoms with Gasteiger partial charge >= 0.3 is 0 Å². The first-order valence-corrected chi connectivity index (χ1v) is 8.82. The smallest absolute Gasteiger partial charge is 0.0536 e. The van der Waals surface area contributed by atoms with E-state index < -0.39 is 0 Å². The Morgan fingerprint density at radius 3 is 2.46 bits per heavy atom. The zero-order valence-corrected chi connectivity index (χ0v) is 14.1. The number of nitrogens with one attached hydrogen (secondary N) is 1. The molecule has 4 aromatic rings. The van der Waals surface area contributed by atoms with Crippen LogP contribution in [-0.2, 0) is 13.1 Å². The molecule has 0 aliphatic heterocycles. The van der Waals surface area contributed by atoms with Gasteiger partial charge in [0.1, 0.15) is 0 Å². The monoisotopic (exact) mass is 333 g/mol. The molecule has 0 atom stereocenters. The summed E-state index contributed by atoms with van der Waals surface area (Å²) in [5.74, 6) is 6.10. The predicted molar refractivity (Wildman–Crippen MR) is 102 cm³/mol. The van der Waals surface area contributed by atoms with Crippen LogP contribution in [0, 0.1) is 0 Å². The highest BCUT2D eigenvalue weighted by Gasteiger charge is 2.09. The number of thiophene rings is 1. The molecule has 120 valence electrons. The molecule has 1 aromatic heterocycles. The highest BCUT2D eigenvalue weighted by molar-refractivity contribution is 7.26. The Kier molecular flexibility index (Phi) is 4.28. The van der Waals surface area contributed by atoms with Crippen molar-refractivity contribution in [1.29, 1.82) is 0 Å². The summed E-state index contributed by atoms with van der Waals surface area (Å²) >= 11 is 1.84. The van der Waals surface area contributed by atoms with Crippen molar-refractivity contribution in [1.82, 2.24) is 10.5 Å². The number of hydrazine groups is 2. The SMILES string of the molecule is NN(Cc1ccccc1)NCc1cccc2c1sc1ccccc12. The molecule has 24 heavy (non-hydrogen) atoms. The van der Waals surface area contributed by atoms with Crippen LogP contribution in [0.2, 0.25) is 0 Å². The number of fused-ring (bicyclic) bond motifs is 3. The van der Waals surface area contributed by atoms with E-state index in [9.17, 15) is 0 Å². The molecular weight excluding hydrogens is 314 g/mol. The molecule has 0 bridgehead atoms. The van der Waals surface area contributed by atoms with Crippen LogP contribution < -0.4 is 11.3 Å². The van der Waals surface area contributed by atoms with E-state index in [0.29, 0.717) is 13.1 Å². The fraction of sp³-hybridized carbons (Fsp3) is 0.100. The van der Waals surface area contributed by atoms with Crippen LogP contribution in [-0.4, -0.2) is 5.12 Å². The fourth-order valence-electron chi connectivity index (χ4n) is 2.97. The van der Waals surface area contributed by atoms with Gasteiger partial charge in [-0.15, -0.1) is 11.3 Å². The van der Waals surface area contributed by atoms with Crippen molar-refractivity contribution in [3.8, 4) is 0 Å². The Morgan fingerprint density at radius 1 is 0.833 bits per heavy atom. The normalized spacial score (nSPS) is 11.6. The van der Waals surface area contributed by atoms with Crippen LogP contribution in [0.25, 0.3) is 20.2 Å². The van der Waals surface area contributed by atoms with Gasteiger partial charge in [0.15, 0.2) is 0 Å². The standard InChI is InChI=1S/C20H19N3S/c21-23(14-15-7-2-1-3-8-15)22-13-16-9-6-11-18-17-10-4-5-12-19(17)24-20(16)18/h1-12,22H,13-14,21H2. The van der Waals surface area contributed by atoms with E-state index >= 15 is 0 Å². The van der Waals surface area contributed by atoms with Gasteiger partial charge in [-0.05, 0) is 17.2 Å². The van der Waals surface area contributed by atoms with Gasteiger partial charge in [-0.3, -0.25) is 5.84 Å². The van der Waals surface area contributed by atoms with E-state index in [1.807, 2.05) is 29.5 Å². The predicted octanol–water partition coefficient (Wildman–Crippen LogP) is 4.44. The number of hydrogen-bond donors (Lipinski definition) is 2. The van der Waals surface area contributed by atoms with Crippen molar-refractivity contribution in [2.24, 2.45) is 5.84 Å². The molecular formula is C20H19N3S. The third-order valence-corrected chi connectivity index (χ3v) is 5.42. The molecule has 0 spiro atoms. The van der Waals surface area contributed by atoms with Gasteiger partial charge in [-0.25, -0.2) is 5.43 Å². The van der Waals surface area contributed by atoms with Gasteiger partial charge in [0.2, 0.25) is 0 Å². The molecule has 4 heteroatoms.